The molecule has 0 bridgehead atoms. The summed E-state index contributed by atoms with van der Waals surface area (Å²) in [5.74, 6) is 1.13. The number of rotatable bonds is 5. The molecule has 0 atom stereocenters. The molecule has 3 rings (SSSR count). The Bertz CT molecular complexity index is 1030. The first-order chi connectivity index (χ1) is 13.0. The van der Waals surface area contributed by atoms with Crippen molar-refractivity contribution in [3.8, 4) is 17.2 Å². The smallest absolute Gasteiger partial charge is 0.308 e. The highest BCUT2D eigenvalue weighted by Gasteiger charge is 2.13. The summed E-state index contributed by atoms with van der Waals surface area (Å²) in [6.07, 6.45) is 3.68. The molecule has 0 aliphatic heterocycles. The Kier molecular flexibility index (Phi) is 5.76. The minimum atomic E-state index is -0.418. The van der Waals surface area contributed by atoms with E-state index in [1.165, 1.54) is 14.0 Å². The van der Waals surface area contributed by atoms with E-state index >= 15 is 0 Å². The molecule has 2 aromatic carbocycles. The monoisotopic (exact) mass is 427 g/mol. The van der Waals surface area contributed by atoms with Gasteiger partial charge < -0.3 is 14.2 Å². The summed E-state index contributed by atoms with van der Waals surface area (Å²) < 4.78 is 16.9. The average molecular weight is 428 g/mol. The second-order valence-electron chi connectivity index (χ2n) is 5.72. The van der Waals surface area contributed by atoms with E-state index in [1.54, 1.807) is 13.2 Å². The maximum absolute atomic E-state index is 11.5. The van der Waals surface area contributed by atoms with Crippen molar-refractivity contribution in [1.29, 1.82) is 0 Å². The van der Waals surface area contributed by atoms with Gasteiger partial charge in [-0.1, -0.05) is 34.1 Å². The van der Waals surface area contributed by atoms with Crippen LogP contribution in [0.25, 0.3) is 23.1 Å². The maximum atomic E-state index is 11.5. The number of para-hydroxylation sites is 1. The minimum absolute atomic E-state index is 0.364. The van der Waals surface area contributed by atoms with Gasteiger partial charge in [-0.2, -0.15) is 0 Å². The zero-order chi connectivity index (χ0) is 19.4. The van der Waals surface area contributed by atoms with Gasteiger partial charge in [-0.3, -0.25) is 4.79 Å². The normalized spacial score (nSPS) is 11.0. The van der Waals surface area contributed by atoms with Crippen molar-refractivity contribution in [2.75, 3.05) is 14.2 Å². The number of pyridine rings is 1. The SMILES string of the molecule is COc1cc(Br)cc(C=Cc2ccc3cccc(OC)c3n2)c1OC(C)=O. The van der Waals surface area contributed by atoms with Crippen LogP contribution in [0.3, 0.4) is 0 Å². The van der Waals surface area contributed by atoms with Crippen molar-refractivity contribution in [3.63, 3.8) is 0 Å². The Morgan fingerprint density at radius 2 is 1.81 bits per heavy atom. The molecule has 0 fully saturated rings. The van der Waals surface area contributed by atoms with Gasteiger partial charge >= 0.3 is 5.97 Å². The van der Waals surface area contributed by atoms with E-state index in [0.29, 0.717) is 22.8 Å². The molecule has 0 aliphatic rings. The molecule has 6 heteroatoms. The molecule has 3 aromatic rings. The summed E-state index contributed by atoms with van der Waals surface area (Å²) >= 11 is 3.45. The Morgan fingerprint density at radius 1 is 1.04 bits per heavy atom. The highest BCUT2D eigenvalue weighted by Crippen LogP contribution is 2.36. The van der Waals surface area contributed by atoms with E-state index in [2.05, 4.69) is 20.9 Å². The second kappa shape index (κ2) is 8.22. The number of carbonyl (C=O) groups excluding carboxylic acids is 1. The molecular formula is C21H18BrNO4. The number of carbonyl (C=O) groups is 1. The lowest BCUT2D eigenvalue weighted by molar-refractivity contribution is -0.132. The first-order valence-electron chi connectivity index (χ1n) is 8.19. The molecule has 1 aromatic heterocycles. The molecule has 0 spiro atoms. The zero-order valence-electron chi connectivity index (χ0n) is 15.2. The highest BCUT2D eigenvalue weighted by atomic mass is 79.9. The third-order valence-corrected chi connectivity index (χ3v) is 4.33. The van der Waals surface area contributed by atoms with Crippen LogP contribution in [0.15, 0.2) is 46.9 Å². The van der Waals surface area contributed by atoms with Crippen LogP contribution < -0.4 is 14.2 Å². The fourth-order valence-corrected chi connectivity index (χ4v) is 3.14. The van der Waals surface area contributed by atoms with Gasteiger partial charge in [-0.05, 0) is 36.4 Å². The van der Waals surface area contributed by atoms with Crippen molar-refractivity contribution in [1.82, 2.24) is 4.98 Å². The molecule has 0 saturated carbocycles. The number of benzene rings is 2. The molecule has 0 N–H and O–H groups in total. The summed E-state index contributed by atoms with van der Waals surface area (Å²) in [6.45, 7) is 1.35. The van der Waals surface area contributed by atoms with Gasteiger partial charge in [0.25, 0.3) is 0 Å². The fraction of sp³-hybridized carbons (Fsp3) is 0.143. The maximum Gasteiger partial charge on any atom is 0.308 e. The number of aromatic nitrogens is 1. The van der Waals surface area contributed by atoms with Gasteiger partial charge in [0.2, 0.25) is 0 Å². The fourth-order valence-electron chi connectivity index (χ4n) is 2.68. The lowest BCUT2D eigenvalue weighted by Gasteiger charge is -2.12. The standard InChI is InChI=1S/C21H18BrNO4/c1-13(24)27-21-15(11-16(22)12-19(21)26-3)8-10-17-9-7-14-5-4-6-18(25-2)20(14)23-17/h4-12H,1-3H3. The van der Waals surface area contributed by atoms with Gasteiger partial charge in [0.1, 0.15) is 11.3 Å². The molecule has 138 valence electrons. The van der Waals surface area contributed by atoms with Crippen LogP contribution >= 0.6 is 15.9 Å². The van der Waals surface area contributed by atoms with Gasteiger partial charge in [-0.15, -0.1) is 0 Å². The van der Waals surface area contributed by atoms with Crippen LogP contribution in [0.1, 0.15) is 18.2 Å². The van der Waals surface area contributed by atoms with Crippen LogP contribution in [-0.2, 0) is 4.79 Å². The first kappa shape index (κ1) is 18.9. The average Bonchev–Trinajstić information content (AvgIpc) is 2.66. The number of methoxy groups -OCH3 is 2. The van der Waals surface area contributed by atoms with Crippen LogP contribution in [0.4, 0.5) is 0 Å². The molecule has 27 heavy (non-hydrogen) atoms. The van der Waals surface area contributed by atoms with Crippen LogP contribution in [-0.4, -0.2) is 25.2 Å². The number of fused-ring (bicyclic) bond motifs is 1. The lowest BCUT2D eigenvalue weighted by Crippen LogP contribution is -2.04. The number of hydrogen-bond acceptors (Lipinski definition) is 5. The first-order valence-corrected chi connectivity index (χ1v) is 8.99. The second-order valence-corrected chi connectivity index (χ2v) is 6.64. The van der Waals surface area contributed by atoms with E-state index in [0.717, 1.165) is 21.1 Å². The third kappa shape index (κ3) is 4.28. The largest absolute Gasteiger partial charge is 0.494 e. The number of halogens is 1. The van der Waals surface area contributed by atoms with E-state index in [1.807, 2.05) is 48.6 Å². The molecule has 0 amide bonds. The molecular weight excluding hydrogens is 410 g/mol. The Morgan fingerprint density at radius 3 is 2.52 bits per heavy atom. The Labute approximate surface area is 165 Å². The molecule has 0 radical (unpaired) electrons. The van der Waals surface area contributed by atoms with Crippen molar-refractivity contribution < 1.29 is 19.0 Å². The van der Waals surface area contributed by atoms with Crippen LogP contribution in [0, 0.1) is 0 Å². The predicted molar refractivity (Wildman–Crippen MR) is 109 cm³/mol. The summed E-state index contributed by atoms with van der Waals surface area (Å²) in [7, 11) is 3.15. The summed E-state index contributed by atoms with van der Waals surface area (Å²) in [5.41, 5.74) is 2.23. The number of esters is 1. The Hall–Kier alpha value is -2.86. The van der Waals surface area contributed by atoms with Crippen molar-refractivity contribution in [3.05, 3.63) is 58.2 Å². The van der Waals surface area contributed by atoms with Gasteiger partial charge in [0.05, 0.1) is 19.9 Å². The predicted octanol–water partition coefficient (Wildman–Crippen LogP) is 5.11. The Balaban J connectivity index is 2.04. The summed E-state index contributed by atoms with van der Waals surface area (Å²) in [5, 5.41) is 0.997. The molecule has 1 heterocycles. The van der Waals surface area contributed by atoms with E-state index in [9.17, 15) is 4.79 Å². The zero-order valence-corrected chi connectivity index (χ0v) is 16.7. The molecule has 0 unspecified atom stereocenters. The lowest BCUT2D eigenvalue weighted by atomic mass is 10.1. The van der Waals surface area contributed by atoms with Gasteiger partial charge in [0, 0.05) is 22.3 Å². The highest BCUT2D eigenvalue weighted by molar-refractivity contribution is 9.10. The minimum Gasteiger partial charge on any atom is -0.494 e. The van der Waals surface area contributed by atoms with Crippen LogP contribution in [0.5, 0.6) is 17.2 Å². The van der Waals surface area contributed by atoms with E-state index < -0.39 is 5.97 Å². The van der Waals surface area contributed by atoms with Crippen molar-refractivity contribution in [2.24, 2.45) is 0 Å². The summed E-state index contributed by atoms with van der Waals surface area (Å²) in [6, 6.07) is 13.3. The quantitative estimate of drug-likeness (QED) is 0.418. The van der Waals surface area contributed by atoms with Crippen molar-refractivity contribution >= 4 is 45.0 Å². The van der Waals surface area contributed by atoms with Crippen molar-refractivity contribution in [2.45, 2.75) is 6.92 Å². The molecule has 5 nitrogen and oxygen atoms in total. The van der Waals surface area contributed by atoms with E-state index in [-0.39, 0.29) is 0 Å². The third-order valence-electron chi connectivity index (χ3n) is 3.87. The summed E-state index contributed by atoms with van der Waals surface area (Å²) in [4.78, 5) is 16.1. The van der Waals surface area contributed by atoms with E-state index in [4.69, 9.17) is 14.2 Å². The number of ether oxygens (including phenoxy) is 3. The number of hydrogen-bond donors (Lipinski definition) is 0. The van der Waals surface area contributed by atoms with Crippen LogP contribution in [0.2, 0.25) is 0 Å². The molecule has 0 aliphatic carbocycles. The van der Waals surface area contributed by atoms with Gasteiger partial charge in [0.15, 0.2) is 11.5 Å². The molecule has 0 saturated heterocycles. The topological polar surface area (TPSA) is 57.6 Å². The van der Waals surface area contributed by atoms with Gasteiger partial charge in [-0.25, -0.2) is 4.98 Å². The number of nitrogens with zero attached hydrogens (tertiary/aromatic N) is 1.